The number of hydrogen-bond donors (Lipinski definition) is 2. The van der Waals surface area contributed by atoms with E-state index >= 15 is 0 Å². The quantitative estimate of drug-likeness (QED) is 0.747. The molecule has 1 amide bonds. The molecular formula is C21H25N5O. The van der Waals surface area contributed by atoms with Crippen LogP contribution >= 0.6 is 0 Å². The van der Waals surface area contributed by atoms with E-state index in [2.05, 4.69) is 37.3 Å². The van der Waals surface area contributed by atoms with Gasteiger partial charge in [-0.2, -0.15) is 0 Å². The molecule has 27 heavy (non-hydrogen) atoms. The minimum atomic E-state index is 0.188. The Morgan fingerprint density at radius 1 is 1.19 bits per heavy atom. The molecule has 0 unspecified atom stereocenters. The molecule has 6 heteroatoms. The molecule has 2 N–H and O–H groups in total. The van der Waals surface area contributed by atoms with Gasteiger partial charge in [0.05, 0.1) is 18.3 Å². The van der Waals surface area contributed by atoms with Gasteiger partial charge in [0.2, 0.25) is 5.91 Å². The van der Waals surface area contributed by atoms with E-state index in [-0.39, 0.29) is 5.91 Å². The third-order valence-electron chi connectivity index (χ3n) is 6.19. The van der Waals surface area contributed by atoms with Crippen LogP contribution in [0.25, 0.3) is 21.9 Å². The molecule has 5 rings (SSSR count). The number of rotatable bonds is 4. The van der Waals surface area contributed by atoms with E-state index in [1.165, 1.54) is 17.4 Å². The third-order valence-corrected chi connectivity index (χ3v) is 6.19. The molecule has 2 aliphatic rings. The molecule has 1 saturated carbocycles. The number of nitrogens with zero attached hydrogens (tertiary/aromatic N) is 3. The maximum absolute atomic E-state index is 12.2. The summed E-state index contributed by atoms with van der Waals surface area (Å²) in [7, 11) is 0. The fourth-order valence-corrected chi connectivity index (χ4v) is 4.45. The van der Waals surface area contributed by atoms with Crippen LogP contribution in [-0.4, -0.2) is 51.4 Å². The lowest BCUT2D eigenvalue weighted by Crippen LogP contribution is -2.46. The zero-order valence-corrected chi connectivity index (χ0v) is 15.4. The lowest BCUT2D eigenvalue weighted by molar-refractivity contribution is -0.123. The van der Waals surface area contributed by atoms with Crippen molar-refractivity contribution in [1.29, 1.82) is 0 Å². The summed E-state index contributed by atoms with van der Waals surface area (Å²) in [5.41, 5.74) is 3.24. The van der Waals surface area contributed by atoms with Crippen molar-refractivity contribution in [1.82, 2.24) is 25.2 Å². The highest BCUT2D eigenvalue weighted by Gasteiger charge is 2.25. The zero-order chi connectivity index (χ0) is 18.2. The summed E-state index contributed by atoms with van der Waals surface area (Å²) in [5.74, 6) is 0.689. The Hall–Kier alpha value is -2.47. The van der Waals surface area contributed by atoms with Gasteiger partial charge in [0.15, 0.2) is 0 Å². The van der Waals surface area contributed by atoms with Crippen LogP contribution in [0.1, 0.15) is 43.6 Å². The predicted molar refractivity (Wildman–Crippen MR) is 106 cm³/mol. The number of carbonyl (C=O) groups excluding carboxylic acids is 1. The molecule has 4 heterocycles. The topological polar surface area (TPSA) is 73.9 Å². The minimum Gasteiger partial charge on any atom is -0.352 e. The van der Waals surface area contributed by atoms with Crippen molar-refractivity contribution in [2.75, 3.05) is 19.6 Å². The number of carbonyl (C=O) groups is 1. The van der Waals surface area contributed by atoms with Crippen molar-refractivity contribution < 1.29 is 4.79 Å². The van der Waals surface area contributed by atoms with E-state index in [0.717, 1.165) is 55.3 Å². The summed E-state index contributed by atoms with van der Waals surface area (Å²) in [5, 5.41) is 5.53. The first kappa shape index (κ1) is 16.7. The number of fused-ring (bicyclic) bond motifs is 3. The lowest BCUT2D eigenvalue weighted by atomic mass is 9.87. The van der Waals surface area contributed by atoms with Crippen molar-refractivity contribution >= 4 is 27.8 Å². The monoisotopic (exact) mass is 363 g/mol. The molecular weight excluding hydrogens is 338 g/mol. The van der Waals surface area contributed by atoms with Gasteiger partial charge >= 0.3 is 0 Å². The van der Waals surface area contributed by atoms with E-state index in [9.17, 15) is 4.79 Å². The number of pyridine rings is 2. The summed E-state index contributed by atoms with van der Waals surface area (Å²) in [4.78, 5) is 26.7. The molecule has 0 radical (unpaired) electrons. The second kappa shape index (κ2) is 6.93. The van der Waals surface area contributed by atoms with Gasteiger partial charge < -0.3 is 10.3 Å². The molecule has 1 saturated heterocycles. The Morgan fingerprint density at radius 3 is 2.81 bits per heavy atom. The van der Waals surface area contributed by atoms with Crippen molar-refractivity contribution in [2.45, 2.75) is 44.1 Å². The summed E-state index contributed by atoms with van der Waals surface area (Å²) >= 11 is 0. The van der Waals surface area contributed by atoms with Crippen molar-refractivity contribution in [2.24, 2.45) is 0 Å². The fourth-order valence-electron chi connectivity index (χ4n) is 4.45. The van der Waals surface area contributed by atoms with Gasteiger partial charge in [0.25, 0.3) is 0 Å². The largest absolute Gasteiger partial charge is 0.352 e. The predicted octanol–water partition coefficient (Wildman–Crippen LogP) is 2.96. The van der Waals surface area contributed by atoms with Gasteiger partial charge in [-0.3, -0.25) is 14.7 Å². The van der Waals surface area contributed by atoms with Gasteiger partial charge in [-0.1, -0.05) is 0 Å². The summed E-state index contributed by atoms with van der Waals surface area (Å²) in [6.45, 7) is 2.47. The van der Waals surface area contributed by atoms with Crippen molar-refractivity contribution in [3.63, 3.8) is 0 Å². The second-order valence-electron chi connectivity index (χ2n) is 7.90. The Morgan fingerprint density at radius 2 is 2.04 bits per heavy atom. The van der Waals surface area contributed by atoms with E-state index < -0.39 is 0 Å². The molecule has 0 bridgehead atoms. The SMILES string of the molecule is O=C(CN1CCC(c2ccnc3cnc4[nH]ccc4c23)CC1)NC1CCC1. The number of hydrogen-bond acceptors (Lipinski definition) is 4. The highest BCUT2D eigenvalue weighted by Crippen LogP contribution is 2.35. The Balaban J connectivity index is 1.31. The number of nitrogens with one attached hydrogen (secondary N) is 2. The molecule has 1 aliphatic carbocycles. The van der Waals surface area contributed by atoms with Gasteiger partial charge in [-0.05, 0) is 68.8 Å². The van der Waals surface area contributed by atoms with Crippen molar-refractivity contribution in [3.8, 4) is 0 Å². The first-order valence-corrected chi connectivity index (χ1v) is 10.0. The highest BCUT2D eigenvalue weighted by molar-refractivity contribution is 6.05. The highest BCUT2D eigenvalue weighted by atomic mass is 16.2. The first-order chi connectivity index (χ1) is 13.3. The van der Waals surface area contributed by atoms with E-state index in [1.807, 2.05) is 18.6 Å². The first-order valence-electron chi connectivity index (χ1n) is 10.0. The van der Waals surface area contributed by atoms with Gasteiger partial charge in [-0.25, -0.2) is 4.98 Å². The van der Waals surface area contributed by atoms with Crippen LogP contribution in [0.2, 0.25) is 0 Å². The number of aromatic amines is 1. The van der Waals surface area contributed by atoms with Crippen LogP contribution < -0.4 is 5.32 Å². The fraction of sp³-hybridized carbons (Fsp3) is 0.476. The smallest absolute Gasteiger partial charge is 0.234 e. The Kier molecular flexibility index (Phi) is 4.28. The Bertz CT molecular complexity index is 969. The van der Waals surface area contributed by atoms with Crippen LogP contribution in [0, 0.1) is 0 Å². The van der Waals surface area contributed by atoms with E-state index in [1.54, 1.807) is 0 Å². The summed E-state index contributed by atoms with van der Waals surface area (Å²) < 4.78 is 0. The molecule has 1 aliphatic heterocycles. The van der Waals surface area contributed by atoms with Crippen molar-refractivity contribution in [3.05, 3.63) is 36.3 Å². The van der Waals surface area contributed by atoms with Crippen LogP contribution in [-0.2, 0) is 4.79 Å². The molecule has 0 atom stereocenters. The maximum atomic E-state index is 12.2. The van der Waals surface area contributed by atoms with Gasteiger partial charge in [0.1, 0.15) is 5.65 Å². The second-order valence-corrected chi connectivity index (χ2v) is 7.90. The van der Waals surface area contributed by atoms with E-state index in [4.69, 9.17) is 0 Å². The van der Waals surface area contributed by atoms with Gasteiger partial charge in [-0.15, -0.1) is 0 Å². The summed E-state index contributed by atoms with van der Waals surface area (Å²) in [6, 6.07) is 4.68. The molecule has 2 fully saturated rings. The maximum Gasteiger partial charge on any atom is 0.234 e. The zero-order valence-electron chi connectivity index (χ0n) is 15.4. The average Bonchev–Trinajstić information content (AvgIpc) is 3.14. The molecule has 0 aromatic carbocycles. The lowest BCUT2D eigenvalue weighted by Gasteiger charge is -2.33. The number of amides is 1. The van der Waals surface area contributed by atoms with Crippen LogP contribution in [0.3, 0.4) is 0 Å². The number of piperidine rings is 1. The standard InChI is InChI=1S/C21H25N5O/c27-19(25-15-2-1-3-15)13-26-10-6-14(7-11-26)16-4-8-22-18-12-24-21-17(20(16)18)5-9-23-21/h4-5,8-9,12,14-15H,1-3,6-7,10-11,13H2,(H,23,24)(H,25,27). The summed E-state index contributed by atoms with van der Waals surface area (Å²) in [6.07, 6.45) is 11.4. The normalized spacial score (nSPS) is 19.4. The third kappa shape index (κ3) is 3.18. The molecule has 6 nitrogen and oxygen atoms in total. The van der Waals surface area contributed by atoms with Crippen LogP contribution in [0.15, 0.2) is 30.7 Å². The van der Waals surface area contributed by atoms with Crippen LogP contribution in [0.4, 0.5) is 0 Å². The Labute approximate surface area is 158 Å². The minimum absolute atomic E-state index is 0.188. The molecule has 3 aromatic heterocycles. The van der Waals surface area contributed by atoms with Gasteiger partial charge in [0, 0.05) is 29.2 Å². The average molecular weight is 363 g/mol. The molecule has 3 aromatic rings. The molecule has 0 spiro atoms. The number of likely N-dealkylation sites (tertiary alicyclic amines) is 1. The molecule has 140 valence electrons. The number of H-pyrrole nitrogens is 1. The van der Waals surface area contributed by atoms with E-state index in [0.29, 0.717) is 18.5 Å². The van der Waals surface area contributed by atoms with Crippen LogP contribution in [0.5, 0.6) is 0 Å². The number of aromatic nitrogens is 3.